The van der Waals surface area contributed by atoms with Crippen LogP contribution in [0.2, 0.25) is 10.0 Å². The molecule has 0 unspecified atom stereocenters. The van der Waals surface area contributed by atoms with Crippen LogP contribution in [0.1, 0.15) is 53.6 Å². The number of halogens is 2. The van der Waals surface area contributed by atoms with Gasteiger partial charge in [-0.15, -0.1) is 0 Å². The maximum atomic E-state index is 14.3. The molecule has 2 fully saturated rings. The van der Waals surface area contributed by atoms with E-state index in [1.54, 1.807) is 24.1 Å². The van der Waals surface area contributed by atoms with Crippen molar-refractivity contribution in [2.75, 3.05) is 87.3 Å². The zero-order chi connectivity index (χ0) is 35.8. The fourth-order valence-corrected chi connectivity index (χ4v) is 7.72. The van der Waals surface area contributed by atoms with Gasteiger partial charge in [-0.25, -0.2) is 0 Å². The van der Waals surface area contributed by atoms with Gasteiger partial charge in [0, 0.05) is 51.3 Å². The molecular weight excluding hydrogens is 675 g/mol. The van der Waals surface area contributed by atoms with Crippen LogP contribution in [0.4, 0.5) is 0 Å². The Labute approximate surface area is 307 Å². The Hall–Kier alpha value is -3.50. The minimum absolute atomic E-state index is 0.0157. The van der Waals surface area contributed by atoms with E-state index < -0.39 is 5.41 Å². The lowest BCUT2D eigenvalue weighted by atomic mass is 9.71. The topological polar surface area (TPSA) is 74.8 Å². The summed E-state index contributed by atoms with van der Waals surface area (Å²) < 4.78 is 16.4. The molecule has 3 aromatic rings. The molecule has 0 aliphatic carbocycles. The van der Waals surface area contributed by atoms with Crippen molar-refractivity contribution in [3.63, 3.8) is 0 Å². The van der Waals surface area contributed by atoms with Crippen molar-refractivity contribution in [1.82, 2.24) is 19.6 Å². The Balaban J connectivity index is 1.31. The number of ether oxygens (including phenoxy) is 3. The quantitative estimate of drug-likeness (QED) is 0.200. The predicted octanol–water partition coefficient (Wildman–Crippen LogP) is 6.46. The van der Waals surface area contributed by atoms with Crippen LogP contribution in [0, 0.1) is 0 Å². The monoisotopic (exact) mass is 724 g/mol. The van der Waals surface area contributed by atoms with Gasteiger partial charge in [0.15, 0.2) is 11.5 Å². The number of amides is 2. The lowest BCUT2D eigenvalue weighted by molar-refractivity contribution is -0.141. The Morgan fingerprint density at radius 3 is 2.02 bits per heavy atom. The van der Waals surface area contributed by atoms with E-state index in [1.807, 2.05) is 36.4 Å². The molecule has 0 bridgehead atoms. The summed E-state index contributed by atoms with van der Waals surface area (Å²) in [5.41, 5.74) is 2.04. The normalized spacial score (nSPS) is 17.2. The van der Waals surface area contributed by atoms with E-state index in [9.17, 15) is 9.59 Å². The number of hydrogen-bond donors (Lipinski definition) is 0. The van der Waals surface area contributed by atoms with Gasteiger partial charge in [0.1, 0.15) is 0 Å². The summed E-state index contributed by atoms with van der Waals surface area (Å²) in [5, 5.41) is 0.974. The minimum Gasteiger partial charge on any atom is -0.493 e. The summed E-state index contributed by atoms with van der Waals surface area (Å²) in [6, 6.07) is 19.4. The first-order chi connectivity index (χ1) is 24.1. The SMILES string of the molecule is CCN1CCN(C(=O)C2(c3ccccc3)CCN(CC[C@H](CN(C)C(=O)c3cc(OC)c(OC)c(OC)c3)c3ccc(Cl)c(Cl)c3)CC2)CC1. The van der Waals surface area contributed by atoms with Gasteiger partial charge >= 0.3 is 0 Å². The molecule has 0 radical (unpaired) electrons. The Kier molecular flexibility index (Phi) is 12.9. The van der Waals surface area contributed by atoms with E-state index in [4.69, 9.17) is 37.4 Å². The third-order valence-corrected chi connectivity index (χ3v) is 11.3. The summed E-state index contributed by atoms with van der Waals surface area (Å²) >= 11 is 12.8. The molecule has 3 aromatic carbocycles. The highest BCUT2D eigenvalue weighted by Crippen LogP contribution is 2.40. The van der Waals surface area contributed by atoms with Gasteiger partial charge in [0.25, 0.3) is 5.91 Å². The summed E-state index contributed by atoms with van der Waals surface area (Å²) in [5.74, 6) is 1.35. The Bertz CT molecular complexity index is 1580. The molecule has 0 N–H and O–H groups in total. The predicted molar refractivity (Wildman–Crippen MR) is 199 cm³/mol. The second-order valence-electron chi connectivity index (χ2n) is 13.3. The summed E-state index contributed by atoms with van der Waals surface area (Å²) in [7, 11) is 6.40. The molecule has 50 heavy (non-hydrogen) atoms. The molecule has 11 heteroatoms. The standard InChI is InChI=1S/C39H50Cl2N4O5/c1-6-43-20-22-45(23-21-43)38(47)39(31-10-8-7-9-11-31)15-18-44(19-16-39)17-14-29(28-12-13-32(40)33(41)24-28)27-42(2)37(46)30-25-34(48-3)36(50-5)35(26-30)49-4/h7-13,24-26,29H,6,14-23,27H2,1-5H3/t29-/m1/s1. The van der Waals surface area contributed by atoms with Crippen LogP contribution >= 0.6 is 23.2 Å². The summed E-state index contributed by atoms with van der Waals surface area (Å²) in [4.78, 5) is 36.8. The largest absolute Gasteiger partial charge is 0.493 e. The zero-order valence-corrected chi connectivity index (χ0v) is 31.4. The van der Waals surface area contributed by atoms with Gasteiger partial charge in [-0.3, -0.25) is 9.59 Å². The molecule has 9 nitrogen and oxygen atoms in total. The van der Waals surface area contributed by atoms with Crippen molar-refractivity contribution in [2.24, 2.45) is 0 Å². The Morgan fingerprint density at radius 1 is 0.820 bits per heavy atom. The number of likely N-dealkylation sites (N-methyl/N-ethyl adjacent to an activating group) is 2. The molecule has 2 heterocycles. The van der Waals surface area contributed by atoms with Crippen molar-refractivity contribution in [3.8, 4) is 17.2 Å². The van der Waals surface area contributed by atoms with Gasteiger partial charge in [0.05, 0.1) is 36.8 Å². The molecule has 1 atom stereocenters. The number of benzene rings is 3. The van der Waals surface area contributed by atoms with E-state index in [0.29, 0.717) is 39.4 Å². The summed E-state index contributed by atoms with van der Waals surface area (Å²) in [6.45, 7) is 9.47. The van der Waals surface area contributed by atoms with Gasteiger partial charge in [-0.1, -0.05) is 66.5 Å². The van der Waals surface area contributed by atoms with Gasteiger partial charge in [-0.05, 0) is 80.8 Å². The lowest BCUT2D eigenvalue weighted by Crippen LogP contribution is -2.57. The van der Waals surface area contributed by atoms with Crippen molar-refractivity contribution in [2.45, 2.75) is 37.5 Å². The van der Waals surface area contributed by atoms with Crippen LogP contribution in [0.3, 0.4) is 0 Å². The van der Waals surface area contributed by atoms with Crippen molar-refractivity contribution in [3.05, 3.63) is 87.4 Å². The molecule has 270 valence electrons. The molecule has 0 spiro atoms. The average molecular weight is 726 g/mol. The molecule has 0 aromatic heterocycles. The molecular formula is C39H50Cl2N4O5. The number of likely N-dealkylation sites (tertiary alicyclic amines) is 1. The highest BCUT2D eigenvalue weighted by atomic mass is 35.5. The number of piperazine rings is 1. The average Bonchev–Trinajstić information content (AvgIpc) is 3.16. The number of rotatable bonds is 13. The first kappa shape index (κ1) is 37.7. The van der Waals surface area contributed by atoms with Gasteiger partial charge in [0.2, 0.25) is 11.7 Å². The lowest BCUT2D eigenvalue weighted by Gasteiger charge is -2.45. The molecule has 5 rings (SSSR count). The summed E-state index contributed by atoms with van der Waals surface area (Å²) in [6.07, 6.45) is 2.32. The van der Waals surface area contributed by atoms with Crippen LogP contribution in [0.25, 0.3) is 0 Å². The first-order valence-electron chi connectivity index (χ1n) is 17.4. The number of methoxy groups -OCH3 is 3. The second kappa shape index (κ2) is 17.1. The number of hydrogen-bond acceptors (Lipinski definition) is 7. The fourth-order valence-electron chi connectivity index (χ4n) is 7.42. The first-order valence-corrected chi connectivity index (χ1v) is 18.2. The maximum absolute atomic E-state index is 14.3. The van der Waals surface area contributed by atoms with E-state index in [1.165, 1.54) is 21.3 Å². The van der Waals surface area contributed by atoms with E-state index in [2.05, 4.69) is 33.8 Å². The third-order valence-electron chi connectivity index (χ3n) is 10.5. The van der Waals surface area contributed by atoms with Crippen LogP contribution in [-0.2, 0) is 10.2 Å². The van der Waals surface area contributed by atoms with Gasteiger partial charge in [-0.2, -0.15) is 0 Å². The highest BCUT2D eigenvalue weighted by Gasteiger charge is 2.45. The minimum atomic E-state index is -0.525. The highest BCUT2D eigenvalue weighted by molar-refractivity contribution is 6.42. The Morgan fingerprint density at radius 2 is 1.46 bits per heavy atom. The number of nitrogens with zero attached hydrogens (tertiary/aromatic N) is 4. The third kappa shape index (κ3) is 8.34. The second-order valence-corrected chi connectivity index (χ2v) is 14.1. The van der Waals surface area contributed by atoms with Gasteiger partial charge < -0.3 is 33.8 Å². The molecule has 2 aliphatic rings. The molecule has 2 saturated heterocycles. The molecule has 0 saturated carbocycles. The van der Waals surface area contributed by atoms with E-state index >= 15 is 0 Å². The molecule has 2 amide bonds. The number of carbonyl (C=O) groups is 2. The van der Waals surface area contributed by atoms with Crippen LogP contribution < -0.4 is 14.2 Å². The van der Waals surface area contributed by atoms with Crippen LogP contribution in [-0.4, -0.2) is 119 Å². The number of piperidine rings is 1. The van der Waals surface area contributed by atoms with Crippen LogP contribution in [0.5, 0.6) is 17.2 Å². The maximum Gasteiger partial charge on any atom is 0.253 e. The van der Waals surface area contributed by atoms with Crippen molar-refractivity contribution < 1.29 is 23.8 Å². The van der Waals surface area contributed by atoms with Crippen molar-refractivity contribution >= 4 is 35.0 Å². The smallest absolute Gasteiger partial charge is 0.253 e. The van der Waals surface area contributed by atoms with Crippen LogP contribution in [0.15, 0.2) is 60.7 Å². The molecule has 2 aliphatic heterocycles. The van der Waals surface area contributed by atoms with E-state index in [-0.39, 0.29) is 17.7 Å². The number of carbonyl (C=O) groups excluding carboxylic acids is 2. The fraction of sp³-hybridized carbons (Fsp3) is 0.487. The zero-order valence-electron chi connectivity index (χ0n) is 29.9. The van der Waals surface area contributed by atoms with Crippen molar-refractivity contribution in [1.29, 1.82) is 0 Å². The van der Waals surface area contributed by atoms with E-state index in [0.717, 1.165) is 82.7 Å².